The lowest BCUT2D eigenvalue weighted by molar-refractivity contribution is -0.142. The fourth-order valence-electron chi connectivity index (χ4n) is 8.23. The molecular weight excluding hydrogens is 603 g/mol. The van der Waals surface area contributed by atoms with Crippen LogP contribution in [-0.2, 0) is 24.0 Å². The van der Waals surface area contributed by atoms with Crippen LogP contribution >= 0.6 is 11.6 Å². The highest BCUT2D eigenvalue weighted by Crippen LogP contribution is 2.64. The Morgan fingerprint density at radius 2 is 1.78 bits per heavy atom. The fourth-order valence-corrected chi connectivity index (χ4v) is 8.40. The third-order valence-corrected chi connectivity index (χ3v) is 10.6. The number of hydrogen-bond acceptors (Lipinski definition) is 6. The molecule has 4 aliphatic rings. The summed E-state index contributed by atoms with van der Waals surface area (Å²) in [6.45, 7) is 1.43. The molecule has 0 bridgehead atoms. The van der Waals surface area contributed by atoms with Gasteiger partial charge in [-0.1, -0.05) is 59.6 Å². The van der Waals surface area contributed by atoms with Gasteiger partial charge < -0.3 is 10.2 Å². The normalized spacial score (nSPS) is 29.1. The number of carbonyl (C=O) groups excluding carboxylic acids is 4. The number of rotatable bonds is 5. The van der Waals surface area contributed by atoms with Crippen LogP contribution in [0.1, 0.15) is 37.7 Å². The zero-order valence-electron chi connectivity index (χ0n) is 24.1. The molecule has 1 saturated carbocycles. The maximum atomic E-state index is 14.5. The molecule has 3 aromatic carbocycles. The molecule has 6 unspecified atom stereocenters. The predicted molar refractivity (Wildman–Crippen MR) is 161 cm³/mol. The number of aromatic hydroxyl groups is 1. The first kappa shape index (κ1) is 29.2. The van der Waals surface area contributed by atoms with E-state index in [1.54, 1.807) is 25.1 Å². The van der Waals surface area contributed by atoms with E-state index in [9.17, 15) is 38.6 Å². The first-order valence-corrected chi connectivity index (χ1v) is 15.1. The van der Waals surface area contributed by atoms with E-state index in [1.165, 1.54) is 12.1 Å². The van der Waals surface area contributed by atoms with Crippen LogP contribution in [-0.4, -0.2) is 51.3 Å². The number of carbonyl (C=O) groups is 5. The Bertz CT molecular complexity index is 1890. The summed E-state index contributed by atoms with van der Waals surface area (Å²) in [5.74, 6) is -7.94. The second kappa shape index (κ2) is 10.2. The molecule has 6 atom stereocenters. The summed E-state index contributed by atoms with van der Waals surface area (Å²) >= 11 is 6.05. The van der Waals surface area contributed by atoms with E-state index in [4.69, 9.17) is 11.6 Å². The van der Waals surface area contributed by atoms with Gasteiger partial charge in [0.25, 0.3) is 0 Å². The number of phenolic OH excluding ortho intramolecular Hbond substituents is 1. The third-order valence-electron chi connectivity index (χ3n) is 10.3. The van der Waals surface area contributed by atoms with E-state index in [0.29, 0.717) is 16.5 Å². The Hall–Kier alpha value is -4.57. The molecule has 2 aliphatic carbocycles. The van der Waals surface area contributed by atoms with Crippen molar-refractivity contribution in [3.05, 3.63) is 82.6 Å². The minimum Gasteiger partial charge on any atom is -0.507 e. The first-order valence-electron chi connectivity index (χ1n) is 14.8. The lowest BCUT2D eigenvalue weighted by Gasteiger charge is -2.49. The van der Waals surface area contributed by atoms with E-state index in [2.05, 4.69) is 0 Å². The highest BCUT2D eigenvalue weighted by molar-refractivity contribution is 6.31. The largest absolute Gasteiger partial charge is 0.507 e. The minimum atomic E-state index is -1.41. The number of fused-ring (bicyclic) bond motifs is 5. The van der Waals surface area contributed by atoms with Crippen molar-refractivity contribution in [2.45, 2.75) is 32.1 Å². The number of imide groups is 2. The van der Waals surface area contributed by atoms with Crippen LogP contribution in [0.3, 0.4) is 0 Å². The van der Waals surface area contributed by atoms with Gasteiger partial charge in [0.2, 0.25) is 23.6 Å². The number of halogens is 2. The van der Waals surface area contributed by atoms with Crippen LogP contribution in [0.25, 0.3) is 10.8 Å². The van der Waals surface area contributed by atoms with Crippen molar-refractivity contribution in [3.63, 3.8) is 0 Å². The quantitative estimate of drug-likeness (QED) is 0.298. The van der Waals surface area contributed by atoms with E-state index in [-0.39, 0.29) is 35.8 Å². The monoisotopic (exact) mass is 630 g/mol. The average molecular weight is 631 g/mol. The molecule has 11 heteroatoms. The van der Waals surface area contributed by atoms with Crippen LogP contribution in [0.5, 0.6) is 5.75 Å². The second-order valence-corrected chi connectivity index (χ2v) is 12.9. The average Bonchev–Trinajstić information content (AvgIpc) is 3.37. The molecule has 230 valence electrons. The number of anilines is 1. The Balaban J connectivity index is 1.40. The van der Waals surface area contributed by atoms with Crippen molar-refractivity contribution < 1.29 is 38.6 Å². The van der Waals surface area contributed by atoms with E-state index >= 15 is 0 Å². The highest BCUT2D eigenvalue weighted by atomic mass is 35.5. The number of hydrogen-bond donors (Lipinski definition) is 2. The Morgan fingerprint density at radius 1 is 1.02 bits per heavy atom. The SMILES string of the molecule is CC12C(=O)N(c3ccc(F)c(Cl)c3)C(=O)C1CC1C(=CCC3C(=O)N(CCC(=O)O)C(=O)C31)C2c1ccc2ccccc2c1O. The number of aliphatic carboxylic acids is 1. The van der Waals surface area contributed by atoms with Crippen LogP contribution in [0.4, 0.5) is 10.1 Å². The van der Waals surface area contributed by atoms with Gasteiger partial charge in [-0.15, -0.1) is 0 Å². The molecule has 9 nitrogen and oxygen atoms in total. The number of carboxylic acid groups (broad SMARTS) is 1. The number of carboxylic acids is 1. The van der Waals surface area contributed by atoms with Gasteiger partial charge in [-0.3, -0.25) is 28.9 Å². The van der Waals surface area contributed by atoms with Crippen LogP contribution < -0.4 is 4.90 Å². The van der Waals surface area contributed by atoms with Crippen LogP contribution in [0, 0.1) is 34.9 Å². The second-order valence-electron chi connectivity index (χ2n) is 12.5. The molecule has 0 aromatic heterocycles. The Labute approximate surface area is 261 Å². The number of nitrogens with zero attached hydrogens (tertiary/aromatic N) is 2. The zero-order valence-corrected chi connectivity index (χ0v) is 24.8. The van der Waals surface area contributed by atoms with Gasteiger partial charge in [0.05, 0.1) is 40.3 Å². The molecule has 7 rings (SSSR count). The molecule has 45 heavy (non-hydrogen) atoms. The van der Waals surface area contributed by atoms with Crippen molar-refractivity contribution >= 4 is 57.7 Å². The van der Waals surface area contributed by atoms with Crippen LogP contribution in [0.15, 0.2) is 66.2 Å². The number of amides is 4. The van der Waals surface area contributed by atoms with Gasteiger partial charge in [0.1, 0.15) is 11.6 Å². The van der Waals surface area contributed by atoms with Crippen molar-refractivity contribution in [1.29, 1.82) is 0 Å². The lowest BCUT2D eigenvalue weighted by atomic mass is 9.51. The molecule has 2 N–H and O–H groups in total. The number of allylic oxidation sites excluding steroid dienone is 2. The number of likely N-dealkylation sites (tertiary alicyclic amines) is 1. The molecule has 0 spiro atoms. The third kappa shape index (κ3) is 4.08. The molecule has 2 saturated heterocycles. The summed E-state index contributed by atoms with van der Waals surface area (Å²) in [5.41, 5.74) is -0.214. The smallest absolute Gasteiger partial charge is 0.305 e. The van der Waals surface area contributed by atoms with Crippen molar-refractivity contribution in [1.82, 2.24) is 4.90 Å². The summed E-state index contributed by atoms with van der Waals surface area (Å²) in [4.78, 5) is 69.2. The topological polar surface area (TPSA) is 132 Å². The summed E-state index contributed by atoms with van der Waals surface area (Å²) in [6, 6.07) is 14.4. The van der Waals surface area contributed by atoms with Gasteiger partial charge >= 0.3 is 5.97 Å². The zero-order chi connectivity index (χ0) is 31.9. The highest BCUT2D eigenvalue weighted by Gasteiger charge is 2.68. The number of phenols is 1. The predicted octanol–water partition coefficient (Wildman–Crippen LogP) is 5.04. The van der Waals surface area contributed by atoms with E-state index in [1.807, 2.05) is 24.3 Å². The molecule has 3 aromatic rings. The van der Waals surface area contributed by atoms with Crippen molar-refractivity contribution in [2.75, 3.05) is 11.4 Å². The molecule has 4 amide bonds. The molecule has 0 radical (unpaired) electrons. The minimum absolute atomic E-state index is 0.0535. The van der Waals surface area contributed by atoms with Gasteiger partial charge in [0.15, 0.2) is 0 Å². The van der Waals surface area contributed by atoms with Crippen molar-refractivity contribution in [3.8, 4) is 5.75 Å². The molecular formula is C34H28ClFN2O7. The fraction of sp³-hybridized carbons (Fsp3) is 0.324. The van der Waals surface area contributed by atoms with Crippen molar-refractivity contribution in [2.24, 2.45) is 29.1 Å². The van der Waals surface area contributed by atoms with Crippen LogP contribution in [0.2, 0.25) is 5.02 Å². The van der Waals surface area contributed by atoms with E-state index in [0.717, 1.165) is 21.3 Å². The Morgan fingerprint density at radius 3 is 2.51 bits per heavy atom. The standard InChI is InChI=1S/C34H28ClFN2O7/c1-34-23(31(43)38(33(34)45)17-7-11-25(36)24(35)14-17)15-22-19(28(34)21-8-6-16-4-2-3-5-18(16)29(21)41)9-10-20-27(22)32(44)37(30(20)42)13-12-26(39)40/h2-9,11,14,20,22-23,27-28,41H,10,12-13,15H2,1H3,(H,39,40). The maximum absolute atomic E-state index is 14.5. The molecule has 2 aliphatic heterocycles. The maximum Gasteiger partial charge on any atom is 0.305 e. The molecule has 2 heterocycles. The summed E-state index contributed by atoms with van der Waals surface area (Å²) in [7, 11) is 0. The van der Waals surface area contributed by atoms with Gasteiger partial charge in [-0.2, -0.15) is 0 Å². The summed E-state index contributed by atoms with van der Waals surface area (Å²) < 4.78 is 14.1. The lowest BCUT2D eigenvalue weighted by Crippen LogP contribution is -2.49. The van der Waals surface area contributed by atoms with E-state index < -0.39 is 76.8 Å². The first-order chi connectivity index (χ1) is 21.4. The summed E-state index contributed by atoms with van der Waals surface area (Å²) in [6.07, 6.45) is 1.73. The van der Waals surface area contributed by atoms with Gasteiger partial charge in [-0.25, -0.2) is 9.29 Å². The number of benzene rings is 3. The summed E-state index contributed by atoms with van der Waals surface area (Å²) in [5, 5.41) is 22.0. The molecule has 3 fully saturated rings. The van der Waals surface area contributed by atoms with Gasteiger partial charge in [-0.05, 0) is 49.3 Å². The Kier molecular flexibility index (Phi) is 6.63. The van der Waals surface area contributed by atoms with Gasteiger partial charge in [0, 0.05) is 23.4 Å².